The highest BCUT2D eigenvalue weighted by Gasteiger charge is 2.29. The lowest BCUT2D eigenvalue weighted by Crippen LogP contribution is -2.40. The number of nitrogens with one attached hydrogen (secondary N) is 2. The zero-order valence-electron chi connectivity index (χ0n) is 13.5. The quantitative estimate of drug-likeness (QED) is 0.892. The van der Waals surface area contributed by atoms with E-state index in [0.29, 0.717) is 12.0 Å². The highest BCUT2D eigenvalue weighted by molar-refractivity contribution is 5.20. The van der Waals surface area contributed by atoms with Crippen LogP contribution in [0, 0.1) is 12.8 Å². The Hall–Kier alpha value is -1.65. The van der Waals surface area contributed by atoms with Crippen molar-refractivity contribution >= 4 is 0 Å². The maximum atomic E-state index is 4.09. The van der Waals surface area contributed by atoms with Gasteiger partial charge < -0.3 is 5.32 Å². The summed E-state index contributed by atoms with van der Waals surface area (Å²) in [5.74, 6) is 0.657. The van der Waals surface area contributed by atoms with Gasteiger partial charge in [-0.1, -0.05) is 30.3 Å². The highest BCUT2D eigenvalue weighted by atomic mass is 15.1. The lowest BCUT2D eigenvalue weighted by Gasteiger charge is -2.39. The molecule has 1 aliphatic heterocycles. The van der Waals surface area contributed by atoms with Crippen LogP contribution in [0.1, 0.15) is 35.7 Å². The van der Waals surface area contributed by atoms with E-state index in [1.165, 1.54) is 36.2 Å². The third-order valence-electron chi connectivity index (χ3n) is 4.79. The van der Waals surface area contributed by atoms with Crippen molar-refractivity contribution in [2.24, 2.45) is 5.92 Å². The molecule has 0 amide bonds. The van der Waals surface area contributed by atoms with Crippen molar-refractivity contribution < 1.29 is 0 Å². The van der Waals surface area contributed by atoms with E-state index in [2.05, 4.69) is 64.7 Å². The summed E-state index contributed by atoms with van der Waals surface area (Å²) >= 11 is 0. The van der Waals surface area contributed by atoms with E-state index in [9.17, 15) is 0 Å². The van der Waals surface area contributed by atoms with Crippen LogP contribution in [0.5, 0.6) is 0 Å². The molecule has 4 heteroatoms. The molecular formula is C18H26N4. The van der Waals surface area contributed by atoms with E-state index >= 15 is 0 Å². The van der Waals surface area contributed by atoms with Crippen LogP contribution in [-0.2, 0) is 6.54 Å². The third kappa shape index (κ3) is 3.39. The predicted octanol–water partition coefficient (Wildman–Crippen LogP) is 2.89. The van der Waals surface area contributed by atoms with Crippen LogP contribution in [0.4, 0.5) is 0 Å². The van der Waals surface area contributed by atoms with Crippen molar-refractivity contribution in [1.82, 2.24) is 20.4 Å². The molecule has 2 aromatic rings. The van der Waals surface area contributed by atoms with Crippen molar-refractivity contribution in [3.63, 3.8) is 0 Å². The lowest BCUT2D eigenvalue weighted by molar-refractivity contribution is 0.119. The number of rotatable bonds is 5. The number of nitrogens with zero attached hydrogens (tertiary/aromatic N) is 2. The zero-order chi connectivity index (χ0) is 15.4. The van der Waals surface area contributed by atoms with Gasteiger partial charge in [-0.2, -0.15) is 5.10 Å². The Kier molecular flexibility index (Phi) is 4.90. The summed E-state index contributed by atoms with van der Waals surface area (Å²) in [6.07, 6.45) is 4.46. The van der Waals surface area contributed by atoms with E-state index in [1.807, 2.05) is 6.20 Å². The first-order valence-electron chi connectivity index (χ1n) is 8.20. The Labute approximate surface area is 132 Å². The number of hydrogen-bond donors (Lipinski definition) is 2. The zero-order valence-corrected chi connectivity index (χ0v) is 13.5. The van der Waals surface area contributed by atoms with Crippen LogP contribution in [0.15, 0.2) is 36.5 Å². The fourth-order valence-electron chi connectivity index (χ4n) is 3.58. The molecule has 1 saturated heterocycles. The summed E-state index contributed by atoms with van der Waals surface area (Å²) in [5.41, 5.74) is 3.86. The van der Waals surface area contributed by atoms with E-state index in [4.69, 9.17) is 0 Å². The normalized spacial score (nSPS) is 22.8. The Morgan fingerprint density at radius 3 is 2.86 bits per heavy atom. The smallest absolute Gasteiger partial charge is 0.0519 e. The Morgan fingerprint density at radius 1 is 1.32 bits per heavy atom. The molecule has 0 bridgehead atoms. The van der Waals surface area contributed by atoms with Crippen LogP contribution < -0.4 is 5.32 Å². The predicted molar refractivity (Wildman–Crippen MR) is 89.6 cm³/mol. The average Bonchev–Trinajstić information content (AvgIpc) is 2.94. The Morgan fingerprint density at radius 2 is 2.14 bits per heavy atom. The van der Waals surface area contributed by atoms with Gasteiger partial charge in [-0.15, -0.1) is 0 Å². The maximum absolute atomic E-state index is 4.09. The second-order valence-corrected chi connectivity index (χ2v) is 6.40. The lowest BCUT2D eigenvalue weighted by atomic mass is 9.85. The van der Waals surface area contributed by atoms with Gasteiger partial charge in [0.25, 0.3) is 0 Å². The number of aryl methyl sites for hydroxylation is 1. The van der Waals surface area contributed by atoms with Gasteiger partial charge >= 0.3 is 0 Å². The van der Waals surface area contributed by atoms with Gasteiger partial charge in [-0.05, 0) is 50.4 Å². The summed E-state index contributed by atoms with van der Waals surface area (Å²) in [5, 5.41) is 10.8. The highest BCUT2D eigenvalue weighted by Crippen LogP contribution is 2.34. The largest absolute Gasteiger partial charge is 0.311 e. The van der Waals surface area contributed by atoms with Crippen molar-refractivity contribution in [1.29, 1.82) is 0 Å². The molecule has 1 aromatic carbocycles. The van der Waals surface area contributed by atoms with Gasteiger partial charge in [0.05, 0.1) is 11.9 Å². The Balaban J connectivity index is 1.64. The van der Waals surface area contributed by atoms with Crippen LogP contribution in [0.3, 0.4) is 0 Å². The van der Waals surface area contributed by atoms with Gasteiger partial charge in [-0.25, -0.2) is 0 Å². The number of aromatic nitrogens is 2. The van der Waals surface area contributed by atoms with Gasteiger partial charge in [0.15, 0.2) is 0 Å². The van der Waals surface area contributed by atoms with Gasteiger partial charge in [0.1, 0.15) is 0 Å². The molecule has 22 heavy (non-hydrogen) atoms. The minimum atomic E-state index is 0.519. The molecule has 0 radical (unpaired) electrons. The van der Waals surface area contributed by atoms with Crippen LogP contribution >= 0.6 is 0 Å². The monoisotopic (exact) mass is 298 g/mol. The number of H-pyrrole nitrogens is 1. The first-order chi connectivity index (χ1) is 10.8. The SMILES string of the molecule is Cc1cn[nH]c1CNC[C@H]1CCCN(C)[C@@H]1c1ccccc1. The summed E-state index contributed by atoms with van der Waals surface area (Å²) in [4.78, 5) is 2.51. The summed E-state index contributed by atoms with van der Waals surface area (Å²) in [6, 6.07) is 11.4. The van der Waals surface area contributed by atoms with Crippen LogP contribution in [-0.4, -0.2) is 35.2 Å². The standard InChI is InChI=1S/C18H26N4/c1-14-11-20-21-17(14)13-19-12-16-9-6-10-22(2)18(16)15-7-4-3-5-8-15/h3-5,7-8,11,16,18-19H,6,9-10,12-13H2,1-2H3,(H,20,21)/t16-,18-/m1/s1. The number of likely N-dealkylation sites (tertiary alicyclic amines) is 1. The number of hydrogen-bond acceptors (Lipinski definition) is 3. The van der Waals surface area contributed by atoms with Crippen molar-refractivity contribution in [3.05, 3.63) is 53.3 Å². The maximum Gasteiger partial charge on any atom is 0.0519 e. The number of aromatic amines is 1. The second-order valence-electron chi connectivity index (χ2n) is 6.40. The molecule has 0 spiro atoms. The van der Waals surface area contributed by atoms with E-state index in [-0.39, 0.29) is 0 Å². The molecular weight excluding hydrogens is 272 g/mol. The fraction of sp³-hybridized carbons (Fsp3) is 0.500. The molecule has 2 atom stereocenters. The molecule has 0 aliphatic carbocycles. The Bertz CT molecular complexity index is 578. The summed E-state index contributed by atoms with van der Waals surface area (Å²) < 4.78 is 0. The van der Waals surface area contributed by atoms with E-state index < -0.39 is 0 Å². The summed E-state index contributed by atoms with van der Waals surface area (Å²) in [6.45, 7) is 5.20. The number of benzene rings is 1. The fourth-order valence-corrected chi connectivity index (χ4v) is 3.58. The third-order valence-corrected chi connectivity index (χ3v) is 4.79. The minimum Gasteiger partial charge on any atom is -0.311 e. The van der Waals surface area contributed by atoms with E-state index in [1.54, 1.807) is 0 Å². The van der Waals surface area contributed by atoms with E-state index in [0.717, 1.165) is 13.1 Å². The molecule has 1 fully saturated rings. The molecule has 3 rings (SSSR count). The molecule has 1 aliphatic rings. The van der Waals surface area contributed by atoms with Crippen molar-refractivity contribution in [2.75, 3.05) is 20.1 Å². The van der Waals surface area contributed by atoms with Gasteiger partial charge in [-0.3, -0.25) is 10.00 Å². The molecule has 1 aromatic heterocycles. The first-order valence-corrected chi connectivity index (χ1v) is 8.20. The molecule has 4 nitrogen and oxygen atoms in total. The summed E-state index contributed by atoms with van der Waals surface area (Å²) in [7, 11) is 2.25. The number of piperidine rings is 1. The molecule has 118 valence electrons. The second kappa shape index (κ2) is 7.07. The van der Waals surface area contributed by atoms with Crippen LogP contribution in [0.25, 0.3) is 0 Å². The molecule has 0 saturated carbocycles. The molecule has 2 heterocycles. The van der Waals surface area contributed by atoms with Crippen molar-refractivity contribution in [2.45, 2.75) is 32.4 Å². The first kappa shape index (κ1) is 15.3. The van der Waals surface area contributed by atoms with Crippen LogP contribution in [0.2, 0.25) is 0 Å². The average molecular weight is 298 g/mol. The van der Waals surface area contributed by atoms with Gasteiger partial charge in [0, 0.05) is 19.1 Å². The van der Waals surface area contributed by atoms with Crippen molar-refractivity contribution in [3.8, 4) is 0 Å². The molecule has 2 N–H and O–H groups in total. The van der Waals surface area contributed by atoms with Gasteiger partial charge in [0.2, 0.25) is 0 Å². The molecule has 0 unspecified atom stereocenters. The topological polar surface area (TPSA) is 44.0 Å². The minimum absolute atomic E-state index is 0.519.